The molecule has 0 bridgehead atoms. The standard InChI is InChI=1S/C36H38N4O6S/c1-27-19-21-29(22-20-27)25-38(34(23-28-11-4-2-5-12-28)36(42)37-30-13-8-9-14-30)35(41)26-39(31-15-10-16-32(24-31)40(43)44)47(45,46)33-17-6-3-7-18-33/h2-7,10-12,15-22,24,30,34H,8-9,13-14,23,25-26H2,1H3,(H,37,42)/t34-/m0/s1. The predicted octanol–water partition coefficient (Wildman–Crippen LogP) is 5.80. The number of carbonyl (C=O) groups excluding carboxylic acids is 2. The highest BCUT2D eigenvalue weighted by atomic mass is 32.2. The van der Waals surface area contributed by atoms with E-state index in [4.69, 9.17) is 0 Å². The van der Waals surface area contributed by atoms with E-state index in [9.17, 15) is 28.1 Å². The first-order chi connectivity index (χ1) is 22.6. The molecule has 1 saturated carbocycles. The van der Waals surface area contributed by atoms with Crippen molar-refractivity contribution in [2.45, 2.75) is 62.6 Å². The molecule has 1 fully saturated rings. The molecule has 2 amide bonds. The molecule has 0 saturated heterocycles. The van der Waals surface area contributed by atoms with Crippen LogP contribution in [0.25, 0.3) is 0 Å². The van der Waals surface area contributed by atoms with Gasteiger partial charge in [0.15, 0.2) is 0 Å². The molecule has 11 heteroatoms. The van der Waals surface area contributed by atoms with Gasteiger partial charge in [-0.1, -0.05) is 97.3 Å². The summed E-state index contributed by atoms with van der Waals surface area (Å²) in [6, 6.07) is 28.8. The number of carbonyl (C=O) groups is 2. The number of hydrogen-bond acceptors (Lipinski definition) is 6. The van der Waals surface area contributed by atoms with Crippen LogP contribution in [0.1, 0.15) is 42.4 Å². The van der Waals surface area contributed by atoms with E-state index >= 15 is 0 Å². The minimum absolute atomic E-state index is 0.00285. The highest BCUT2D eigenvalue weighted by Gasteiger charge is 2.36. The number of aryl methyl sites for hydroxylation is 1. The third-order valence-corrected chi connectivity index (χ3v) is 10.2. The zero-order valence-electron chi connectivity index (χ0n) is 26.2. The third kappa shape index (κ3) is 8.42. The summed E-state index contributed by atoms with van der Waals surface area (Å²) in [5.41, 5.74) is 2.27. The van der Waals surface area contributed by atoms with Crippen molar-refractivity contribution in [2.75, 3.05) is 10.8 Å². The fourth-order valence-electron chi connectivity index (χ4n) is 5.82. The molecule has 47 heavy (non-hydrogen) atoms. The zero-order chi connectivity index (χ0) is 33.4. The summed E-state index contributed by atoms with van der Waals surface area (Å²) in [7, 11) is -4.36. The number of nitro groups is 1. The Labute approximate surface area is 275 Å². The number of nitrogens with zero attached hydrogens (tertiary/aromatic N) is 3. The van der Waals surface area contributed by atoms with Crippen LogP contribution in [0, 0.1) is 17.0 Å². The minimum atomic E-state index is -4.36. The van der Waals surface area contributed by atoms with E-state index in [0.717, 1.165) is 52.7 Å². The normalized spacial score (nSPS) is 13.9. The van der Waals surface area contributed by atoms with E-state index in [-0.39, 0.29) is 41.2 Å². The van der Waals surface area contributed by atoms with Crippen LogP contribution in [0.15, 0.2) is 114 Å². The summed E-state index contributed by atoms with van der Waals surface area (Å²) in [5.74, 6) is -0.937. The van der Waals surface area contributed by atoms with Gasteiger partial charge in [0.05, 0.1) is 15.5 Å². The van der Waals surface area contributed by atoms with Crippen molar-refractivity contribution in [1.82, 2.24) is 10.2 Å². The van der Waals surface area contributed by atoms with Crippen molar-refractivity contribution in [1.29, 1.82) is 0 Å². The number of anilines is 1. The van der Waals surface area contributed by atoms with E-state index in [1.807, 2.05) is 61.5 Å². The van der Waals surface area contributed by atoms with Crippen LogP contribution in [-0.2, 0) is 32.6 Å². The molecule has 244 valence electrons. The molecular formula is C36H38N4O6S. The van der Waals surface area contributed by atoms with Gasteiger partial charge in [-0.3, -0.25) is 24.0 Å². The molecule has 0 unspecified atom stereocenters. The molecule has 10 nitrogen and oxygen atoms in total. The van der Waals surface area contributed by atoms with E-state index < -0.39 is 33.4 Å². The van der Waals surface area contributed by atoms with E-state index in [1.54, 1.807) is 18.2 Å². The third-order valence-electron chi connectivity index (χ3n) is 8.38. The summed E-state index contributed by atoms with van der Waals surface area (Å²) in [6.45, 7) is 1.31. The van der Waals surface area contributed by atoms with Crippen LogP contribution in [0.2, 0.25) is 0 Å². The highest BCUT2D eigenvalue weighted by Crippen LogP contribution is 2.28. The first-order valence-electron chi connectivity index (χ1n) is 15.6. The fraction of sp³-hybridized carbons (Fsp3) is 0.278. The Morgan fingerprint density at radius 2 is 1.51 bits per heavy atom. The van der Waals surface area contributed by atoms with E-state index in [1.165, 1.54) is 35.2 Å². The van der Waals surface area contributed by atoms with E-state index in [0.29, 0.717) is 0 Å². The smallest absolute Gasteiger partial charge is 0.271 e. The Morgan fingerprint density at radius 3 is 2.15 bits per heavy atom. The lowest BCUT2D eigenvalue weighted by Crippen LogP contribution is -2.54. The van der Waals surface area contributed by atoms with Gasteiger partial charge in [-0.2, -0.15) is 0 Å². The summed E-state index contributed by atoms with van der Waals surface area (Å²) >= 11 is 0. The Balaban J connectivity index is 1.58. The molecule has 1 atom stereocenters. The van der Waals surface area contributed by atoms with Crippen LogP contribution < -0.4 is 9.62 Å². The van der Waals surface area contributed by atoms with Gasteiger partial charge in [-0.05, 0) is 49.1 Å². The Hall–Kier alpha value is -5.03. The second kappa shape index (κ2) is 15.0. The Kier molecular flexibility index (Phi) is 10.7. The maximum atomic E-state index is 14.6. The summed E-state index contributed by atoms with van der Waals surface area (Å²) in [4.78, 5) is 41.0. The van der Waals surface area contributed by atoms with Crippen molar-refractivity contribution in [3.63, 3.8) is 0 Å². The SMILES string of the molecule is Cc1ccc(CN(C(=O)CN(c2cccc([N+](=O)[O-])c2)S(=O)(=O)c2ccccc2)[C@@H](Cc2ccccc2)C(=O)NC2CCCC2)cc1. The van der Waals surface area contributed by atoms with Crippen molar-refractivity contribution in [3.8, 4) is 0 Å². The molecular weight excluding hydrogens is 616 g/mol. The summed E-state index contributed by atoms with van der Waals surface area (Å²) in [5, 5.41) is 14.8. The minimum Gasteiger partial charge on any atom is -0.352 e. The van der Waals surface area contributed by atoms with Crippen LogP contribution >= 0.6 is 0 Å². The van der Waals surface area contributed by atoms with Gasteiger partial charge in [-0.25, -0.2) is 8.42 Å². The van der Waals surface area contributed by atoms with Gasteiger partial charge < -0.3 is 10.2 Å². The summed E-state index contributed by atoms with van der Waals surface area (Å²) < 4.78 is 29.1. The molecule has 1 aliphatic rings. The zero-order valence-corrected chi connectivity index (χ0v) is 27.0. The van der Waals surface area contributed by atoms with Crippen molar-refractivity contribution >= 4 is 33.2 Å². The highest BCUT2D eigenvalue weighted by molar-refractivity contribution is 7.92. The Bertz CT molecular complexity index is 1790. The van der Waals surface area contributed by atoms with Crippen molar-refractivity contribution in [3.05, 3.63) is 136 Å². The number of benzene rings is 4. The average Bonchev–Trinajstić information content (AvgIpc) is 3.60. The number of rotatable bonds is 13. The lowest BCUT2D eigenvalue weighted by molar-refractivity contribution is -0.384. The molecule has 0 aliphatic heterocycles. The first-order valence-corrected chi connectivity index (χ1v) is 17.1. The monoisotopic (exact) mass is 654 g/mol. The average molecular weight is 655 g/mol. The number of hydrogen-bond donors (Lipinski definition) is 1. The second-order valence-electron chi connectivity index (χ2n) is 11.8. The molecule has 0 spiro atoms. The van der Waals surface area contributed by atoms with Crippen molar-refractivity contribution < 1.29 is 22.9 Å². The maximum Gasteiger partial charge on any atom is 0.271 e. The molecule has 0 aromatic heterocycles. The first kappa shape index (κ1) is 33.3. The van der Waals surface area contributed by atoms with Gasteiger partial charge in [0.1, 0.15) is 12.6 Å². The molecule has 0 heterocycles. The van der Waals surface area contributed by atoms with Gasteiger partial charge in [0, 0.05) is 31.1 Å². The van der Waals surface area contributed by atoms with Crippen LogP contribution in [-0.4, -0.2) is 48.7 Å². The summed E-state index contributed by atoms with van der Waals surface area (Å²) in [6.07, 6.45) is 3.93. The second-order valence-corrected chi connectivity index (χ2v) is 13.7. The quantitative estimate of drug-likeness (QED) is 0.143. The fourth-order valence-corrected chi connectivity index (χ4v) is 7.25. The lowest BCUT2D eigenvalue weighted by atomic mass is 10.0. The predicted molar refractivity (Wildman–Crippen MR) is 180 cm³/mol. The Morgan fingerprint density at radius 1 is 0.872 bits per heavy atom. The molecule has 1 N–H and O–H groups in total. The number of non-ortho nitro benzene ring substituents is 1. The van der Waals surface area contributed by atoms with Crippen LogP contribution in [0.3, 0.4) is 0 Å². The molecule has 0 radical (unpaired) electrons. The number of nitrogens with one attached hydrogen (secondary N) is 1. The lowest BCUT2D eigenvalue weighted by Gasteiger charge is -2.34. The maximum absolute atomic E-state index is 14.6. The topological polar surface area (TPSA) is 130 Å². The van der Waals surface area contributed by atoms with Gasteiger partial charge >= 0.3 is 0 Å². The largest absolute Gasteiger partial charge is 0.352 e. The molecule has 4 aromatic rings. The van der Waals surface area contributed by atoms with Crippen molar-refractivity contribution in [2.24, 2.45) is 0 Å². The van der Waals surface area contributed by atoms with Crippen LogP contribution in [0.4, 0.5) is 11.4 Å². The number of sulfonamides is 1. The van der Waals surface area contributed by atoms with Crippen LogP contribution in [0.5, 0.6) is 0 Å². The molecule has 4 aromatic carbocycles. The number of amides is 2. The molecule has 5 rings (SSSR count). The van der Waals surface area contributed by atoms with Gasteiger partial charge in [0.25, 0.3) is 15.7 Å². The van der Waals surface area contributed by atoms with E-state index in [2.05, 4.69) is 5.32 Å². The van der Waals surface area contributed by atoms with Gasteiger partial charge in [-0.15, -0.1) is 0 Å². The number of nitro benzene ring substituents is 1. The molecule has 1 aliphatic carbocycles. The van der Waals surface area contributed by atoms with Gasteiger partial charge in [0.2, 0.25) is 11.8 Å².